The fraction of sp³-hybridized carbons (Fsp3) is 0.192. The predicted octanol–water partition coefficient (Wildman–Crippen LogP) is 4.82. The van der Waals surface area contributed by atoms with Crippen LogP contribution in [0.25, 0.3) is 17.1 Å². The molecule has 0 atom stereocenters. The molecule has 166 valence electrons. The number of hydrogen-bond donors (Lipinski definition) is 1. The number of nitrogens with one attached hydrogen (secondary N) is 1. The molecular weight excluding hydrogens is 416 g/mol. The molecule has 5 rings (SSSR count). The molecule has 0 saturated carbocycles. The topological polar surface area (TPSA) is 80.4 Å². The Labute approximate surface area is 191 Å². The third-order valence-corrected chi connectivity index (χ3v) is 5.68. The van der Waals surface area contributed by atoms with E-state index < -0.39 is 0 Å². The summed E-state index contributed by atoms with van der Waals surface area (Å²) in [5.74, 6) is 1.18. The maximum atomic E-state index is 13.3. The van der Waals surface area contributed by atoms with Gasteiger partial charge < -0.3 is 14.6 Å². The highest BCUT2D eigenvalue weighted by atomic mass is 16.3. The van der Waals surface area contributed by atoms with E-state index in [-0.39, 0.29) is 11.8 Å². The van der Waals surface area contributed by atoms with Gasteiger partial charge in [0.1, 0.15) is 11.5 Å². The van der Waals surface area contributed by atoms with E-state index in [0.29, 0.717) is 35.7 Å². The maximum absolute atomic E-state index is 13.3. The summed E-state index contributed by atoms with van der Waals surface area (Å²) in [6.07, 6.45) is 3.22. The molecule has 1 aliphatic rings. The zero-order valence-corrected chi connectivity index (χ0v) is 18.3. The highest BCUT2D eigenvalue weighted by Gasteiger charge is 2.22. The molecule has 0 unspecified atom stereocenters. The molecule has 4 aromatic rings. The molecule has 0 radical (unpaired) electrons. The van der Waals surface area contributed by atoms with Crippen molar-refractivity contribution in [1.82, 2.24) is 14.7 Å². The van der Waals surface area contributed by atoms with Gasteiger partial charge in [-0.3, -0.25) is 9.59 Å². The summed E-state index contributed by atoms with van der Waals surface area (Å²) < 4.78 is 7.45. The number of benzene rings is 2. The van der Waals surface area contributed by atoms with Crippen LogP contribution >= 0.6 is 0 Å². The summed E-state index contributed by atoms with van der Waals surface area (Å²) in [6.45, 7) is 3.18. The Morgan fingerprint density at radius 3 is 2.67 bits per heavy atom. The van der Waals surface area contributed by atoms with Crippen molar-refractivity contribution in [1.29, 1.82) is 0 Å². The molecule has 0 spiro atoms. The highest BCUT2D eigenvalue weighted by molar-refractivity contribution is 6.07. The van der Waals surface area contributed by atoms with Gasteiger partial charge in [0.05, 0.1) is 11.3 Å². The molecule has 2 aromatic carbocycles. The lowest BCUT2D eigenvalue weighted by Gasteiger charge is -2.16. The van der Waals surface area contributed by atoms with Crippen LogP contribution in [0.5, 0.6) is 0 Å². The molecule has 1 aliphatic heterocycles. The second-order valence-electron chi connectivity index (χ2n) is 8.16. The van der Waals surface area contributed by atoms with E-state index in [1.165, 1.54) is 0 Å². The smallest absolute Gasteiger partial charge is 0.259 e. The Balaban J connectivity index is 1.43. The lowest BCUT2D eigenvalue weighted by Crippen LogP contribution is -2.23. The molecule has 3 heterocycles. The number of para-hydroxylation sites is 1. The molecule has 0 aliphatic carbocycles. The van der Waals surface area contributed by atoms with Gasteiger partial charge in [-0.2, -0.15) is 5.10 Å². The summed E-state index contributed by atoms with van der Waals surface area (Å²) in [5, 5.41) is 7.62. The molecule has 33 heavy (non-hydrogen) atoms. The standard InChI is InChI=1S/C26H24N4O3/c1-18-12-13-23(33-18)25-22(17-30(28-25)21-9-3-2-4-10-21)26(32)27-20-8-5-7-19(15-20)16-29-14-6-11-24(29)31/h2-5,7-10,12-13,15,17H,6,11,14,16H2,1H3,(H,27,32). The Morgan fingerprint density at radius 2 is 1.94 bits per heavy atom. The van der Waals surface area contributed by atoms with Gasteiger partial charge in [0, 0.05) is 31.4 Å². The first-order valence-corrected chi connectivity index (χ1v) is 11.0. The summed E-state index contributed by atoms with van der Waals surface area (Å²) in [6, 6.07) is 20.9. The largest absolute Gasteiger partial charge is 0.460 e. The summed E-state index contributed by atoms with van der Waals surface area (Å²) >= 11 is 0. The van der Waals surface area contributed by atoms with Gasteiger partial charge in [0.25, 0.3) is 5.91 Å². The molecule has 1 saturated heterocycles. The number of likely N-dealkylation sites (tertiary alicyclic amines) is 1. The Morgan fingerprint density at radius 1 is 1.09 bits per heavy atom. The SMILES string of the molecule is Cc1ccc(-c2nn(-c3ccccc3)cc2C(=O)Nc2cccc(CN3CCCC3=O)c2)o1. The van der Waals surface area contributed by atoms with Crippen LogP contribution in [-0.4, -0.2) is 33.0 Å². The second-order valence-corrected chi connectivity index (χ2v) is 8.16. The molecule has 7 nitrogen and oxygen atoms in total. The average molecular weight is 441 g/mol. The number of nitrogens with zero attached hydrogens (tertiary/aromatic N) is 3. The molecule has 2 aromatic heterocycles. The van der Waals surface area contributed by atoms with Crippen molar-refractivity contribution in [3.8, 4) is 17.1 Å². The minimum atomic E-state index is -0.282. The van der Waals surface area contributed by atoms with Crippen LogP contribution in [0.2, 0.25) is 0 Å². The number of carbonyl (C=O) groups excluding carboxylic acids is 2. The summed E-state index contributed by atoms with van der Waals surface area (Å²) in [7, 11) is 0. The van der Waals surface area contributed by atoms with Crippen molar-refractivity contribution in [2.24, 2.45) is 0 Å². The molecular formula is C26H24N4O3. The fourth-order valence-electron chi connectivity index (χ4n) is 4.03. The lowest BCUT2D eigenvalue weighted by molar-refractivity contribution is -0.128. The van der Waals surface area contributed by atoms with E-state index in [9.17, 15) is 9.59 Å². The third-order valence-electron chi connectivity index (χ3n) is 5.68. The summed E-state index contributed by atoms with van der Waals surface area (Å²) in [5.41, 5.74) is 3.37. The molecule has 1 fully saturated rings. The van der Waals surface area contributed by atoms with Gasteiger partial charge >= 0.3 is 0 Å². The van der Waals surface area contributed by atoms with Crippen molar-refractivity contribution in [2.75, 3.05) is 11.9 Å². The maximum Gasteiger partial charge on any atom is 0.259 e. The Hall–Kier alpha value is -4.13. The van der Waals surface area contributed by atoms with Crippen LogP contribution in [0.3, 0.4) is 0 Å². The highest BCUT2D eigenvalue weighted by Crippen LogP contribution is 2.27. The number of rotatable bonds is 6. The van der Waals surface area contributed by atoms with Crippen molar-refractivity contribution >= 4 is 17.5 Å². The zero-order valence-electron chi connectivity index (χ0n) is 18.3. The molecule has 2 amide bonds. The number of carbonyl (C=O) groups is 2. The fourth-order valence-corrected chi connectivity index (χ4v) is 4.03. The van der Waals surface area contributed by atoms with Crippen molar-refractivity contribution in [3.63, 3.8) is 0 Å². The predicted molar refractivity (Wildman–Crippen MR) is 125 cm³/mol. The van der Waals surface area contributed by atoms with E-state index >= 15 is 0 Å². The number of aryl methyl sites for hydroxylation is 1. The van der Waals surface area contributed by atoms with Crippen molar-refractivity contribution in [3.05, 3.63) is 89.8 Å². The summed E-state index contributed by atoms with van der Waals surface area (Å²) in [4.78, 5) is 27.1. The van der Waals surface area contributed by atoms with Crippen molar-refractivity contribution < 1.29 is 14.0 Å². The first kappa shape index (κ1) is 20.8. The minimum Gasteiger partial charge on any atom is -0.460 e. The number of amides is 2. The monoisotopic (exact) mass is 440 g/mol. The Bertz CT molecular complexity index is 1310. The van der Waals surface area contributed by atoms with E-state index in [2.05, 4.69) is 10.4 Å². The van der Waals surface area contributed by atoms with Crippen molar-refractivity contribution in [2.45, 2.75) is 26.3 Å². The second kappa shape index (κ2) is 8.78. The quantitative estimate of drug-likeness (QED) is 0.466. The number of furan rings is 1. The van der Waals surface area contributed by atoms with Crippen LogP contribution in [0, 0.1) is 6.92 Å². The lowest BCUT2D eigenvalue weighted by atomic mass is 10.1. The molecule has 7 heteroatoms. The first-order chi connectivity index (χ1) is 16.1. The zero-order chi connectivity index (χ0) is 22.8. The van der Waals surface area contributed by atoms with Crippen LogP contribution in [0.4, 0.5) is 5.69 Å². The van der Waals surface area contributed by atoms with Crippen LogP contribution in [0.15, 0.2) is 77.3 Å². The van der Waals surface area contributed by atoms with Gasteiger partial charge in [-0.05, 0) is 55.3 Å². The van der Waals surface area contributed by atoms with Crippen LogP contribution in [0.1, 0.15) is 34.5 Å². The van der Waals surface area contributed by atoms with Gasteiger partial charge in [0.15, 0.2) is 5.76 Å². The van der Waals surface area contributed by atoms with E-state index in [1.807, 2.05) is 78.6 Å². The van der Waals surface area contributed by atoms with Gasteiger partial charge in [-0.1, -0.05) is 30.3 Å². The Kier molecular flexibility index (Phi) is 5.52. The van der Waals surface area contributed by atoms with Crippen LogP contribution < -0.4 is 5.32 Å². The molecule has 1 N–H and O–H groups in total. The average Bonchev–Trinajstić information content (AvgIpc) is 3.55. The van der Waals surface area contributed by atoms with Gasteiger partial charge in [-0.25, -0.2) is 4.68 Å². The number of aromatic nitrogens is 2. The molecule has 0 bridgehead atoms. The normalized spacial score (nSPS) is 13.5. The minimum absolute atomic E-state index is 0.177. The van der Waals surface area contributed by atoms with E-state index in [1.54, 1.807) is 10.9 Å². The van der Waals surface area contributed by atoms with Gasteiger partial charge in [-0.15, -0.1) is 0 Å². The van der Waals surface area contributed by atoms with Gasteiger partial charge in [0.2, 0.25) is 5.91 Å². The third kappa shape index (κ3) is 4.43. The first-order valence-electron chi connectivity index (χ1n) is 11.0. The number of anilines is 1. The van der Waals surface area contributed by atoms with E-state index in [0.717, 1.165) is 30.0 Å². The number of hydrogen-bond acceptors (Lipinski definition) is 4. The van der Waals surface area contributed by atoms with E-state index in [4.69, 9.17) is 4.42 Å². The van der Waals surface area contributed by atoms with Crippen LogP contribution in [-0.2, 0) is 11.3 Å².